The normalized spacial score (nSPS) is 12.6. The van der Waals surface area contributed by atoms with E-state index in [1.165, 1.54) is 0 Å². The Bertz CT molecular complexity index is 962. The number of pyridine rings is 1. The number of phenolic OH excluding ortho intramolecular Hbond substituents is 1. The van der Waals surface area contributed by atoms with Gasteiger partial charge in [0.15, 0.2) is 0 Å². The largest absolute Gasteiger partial charge is 0.540 e. The van der Waals surface area contributed by atoms with E-state index >= 15 is 0 Å². The van der Waals surface area contributed by atoms with E-state index in [9.17, 15) is 14.7 Å². The fraction of sp³-hybridized carbons (Fsp3) is 0.222. The molecule has 1 radical (unpaired) electrons. The third-order valence-electron chi connectivity index (χ3n) is 4.95. The Labute approximate surface area is 212 Å². The first-order chi connectivity index (χ1) is 15.1. The number of nitrogens with zero attached hydrogens (tertiary/aromatic N) is 2. The Kier molecular flexibility index (Phi) is 12.2. The van der Waals surface area contributed by atoms with Crippen LogP contribution in [0.25, 0.3) is 0 Å². The Balaban J connectivity index is 0.000000521. The molecule has 6 heteroatoms. The van der Waals surface area contributed by atoms with Crippen LogP contribution >= 0.6 is 0 Å². The van der Waals surface area contributed by atoms with Crippen LogP contribution in [0.2, 0.25) is 0 Å². The molecule has 1 saturated carbocycles. The van der Waals surface area contributed by atoms with Crippen molar-refractivity contribution in [3.8, 4) is 5.75 Å². The van der Waals surface area contributed by atoms with E-state index in [-0.39, 0.29) is 47.5 Å². The number of aryl methyl sites for hydroxylation is 1. The van der Waals surface area contributed by atoms with Gasteiger partial charge in [-0.3, -0.25) is 4.79 Å². The Morgan fingerprint density at radius 3 is 2.27 bits per heavy atom. The summed E-state index contributed by atoms with van der Waals surface area (Å²) in [6, 6.07) is 19.5. The molecule has 1 N–H and O–H groups in total. The first-order valence-corrected chi connectivity index (χ1v) is 10.2. The smallest absolute Gasteiger partial charge is 0.221 e. The molecular weight excluding hydrogens is 493 g/mol. The predicted octanol–water partition coefficient (Wildman–Crippen LogP) is 4.68. The zero-order valence-corrected chi connectivity index (χ0v) is 20.9. The number of carbonyl (C=O) groups excluding carboxylic acids is 2. The molecule has 1 amide bonds. The summed E-state index contributed by atoms with van der Waals surface area (Å²) in [6.45, 7) is 3.72. The van der Waals surface area contributed by atoms with Crippen molar-refractivity contribution in [3.05, 3.63) is 110 Å². The molecule has 1 fully saturated rings. The molecule has 1 atom stereocenters. The molecular formula is C27H28N2NbO3-4. The molecule has 5 nitrogen and oxygen atoms in total. The number of phenols is 1. The van der Waals surface area contributed by atoms with Gasteiger partial charge in [-0.25, -0.2) is 6.29 Å². The van der Waals surface area contributed by atoms with E-state index in [1.807, 2.05) is 36.6 Å². The maximum atomic E-state index is 12.7. The summed E-state index contributed by atoms with van der Waals surface area (Å²) < 4.78 is 0. The second kappa shape index (κ2) is 14.3. The molecule has 1 aliphatic rings. The minimum Gasteiger partial charge on any atom is -0.540 e. The molecule has 0 spiro atoms. The summed E-state index contributed by atoms with van der Waals surface area (Å²) in [5, 5.41) is 9.31. The third kappa shape index (κ3) is 8.89. The first-order valence-electron chi connectivity index (χ1n) is 10.2. The van der Waals surface area contributed by atoms with Gasteiger partial charge in [-0.05, 0) is 37.0 Å². The van der Waals surface area contributed by atoms with Gasteiger partial charge in [0.1, 0.15) is 5.75 Å². The van der Waals surface area contributed by atoms with Gasteiger partial charge in [-0.15, -0.1) is 17.7 Å². The summed E-state index contributed by atoms with van der Waals surface area (Å²) in [5.41, 5.74) is 2.61. The number of benzene rings is 2. The molecule has 33 heavy (non-hydrogen) atoms. The maximum Gasteiger partial charge on any atom is 0.221 e. The van der Waals surface area contributed by atoms with Crippen molar-refractivity contribution in [3.63, 3.8) is 0 Å². The van der Waals surface area contributed by atoms with Crippen molar-refractivity contribution in [2.24, 2.45) is 0 Å². The van der Waals surface area contributed by atoms with Crippen LogP contribution in [-0.2, 0) is 38.4 Å². The van der Waals surface area contributed by atoms with E-state index in [2.05, 4.69) is 18.1 Å². The Hall–Kier alpha value is -2.86. The summed E-state index contributed by atoms with van der Waals surface area (Å²) in [5.74, 6) is 0.128. The molecule has 0 aliphatic heterocycles. The van der Waals surface area contributed by atoms with E-state index in [0.717, 1.165) is 24.0 Å². The molecule has 2 aromatic carbocycles. The SMILES string of the molecule is O=[C-]C(c1[c-]nccc1)N(C(=O)CCc1ccc(O)cc1)C1CC1.[CH2-]c1ccccc1.[CH3-].[Nb]. The molecule has 1 unspecified atom stereocenters. The standard InChI is InChI=1S/C19H18N2O3.C7H7.CH3.Nb/c22-13-18(15-2-1-11-20-12-15)21(16-6-7-16)19(24)10-5-14-3-8-17(23)9-4-14;1-7-5-3-2-4-6-7;;/h1-4,8-9,11,16,18,23H,5-7,10H2;2-6H,1H2;1H3;/q-2;2*-1;. The molecule has 173 valence electrons. The van der Waals surface area contributed by atoms with Gasteiger partial charge in [0.05, 0.1) is 0 Å². The van der Waals surface area contributed by atoms with Gasteiger partial charge in [-0.1, -0.05) is 36.6 Å². The first kappa shape index (κ1) is 28.2. The molecule has 4 rings (SSSR count). The minimum absolute atomic E-state index is 0. The van der Waals surface area contributed by atoms with Gasteiger partial charge >= 0.3 is 0 Å². The monoisotopic (exact) mass is 521 g/mol. The number of amides is 1. The Morgan fingerprint density at radius 1 is 1.12 bits per heavy atom. The van der Waals surface area contributed by atoms with Gasteiger partial charge < -0.3 is 27.2 Å². The number of hydrogen-bond donors (Lipinski definition) is 1. The van der Waals surface area contributed by atoms with Crippen LogP contribution in [0.1, 0.15) is 42.0 Å². The van der Waals surface area contributed by atoms with E-state index in [0.29, 0.717) is 18.4 Å². The second-order valence-electron chi connectivity index (χ2n) is 7.41. The van der Waals surface area contributed by atoms with Gasteiger partial charge in [-0.2, -0.15) is 36.8 Å². The van der Waals surface area contributed by atoms with Crippen molar-refractivity contribution in [2.45, 2.75) is 37.8 Å². The van der Waals surface area contributed by atoms with E-state index in [4.69, 9.17) is 0 Å². The number of aromatic nitrogens is 1. The number of hydrogen-bond acceptors (Lipinski definition) is 4. The summed E-state index contributed by atoms with van der Waals surface area (Å²) in [7, 11) is 0. The van der Waals surface area contributed by atoms with Crippen LogP contribution in [0.5, 0.6) is 5.75 Å². The van der Waals surface area contributed by atoms with Crippen molar-refractivity contribution >= 4 is 12.2 Å². The topological polar surface area (TPSA) is 70.5 Å². The van der Waals surface area contributed by atoms with Gasteiger partial charge in [0.2, 0.25) is 5.91 Å². The molecule has 0 bridgehead atoms. The average molecular weight is 521 g/mol. The predicted molar refractivity (Wildman–Crippen MR) is 125 cm³/mol. The zero-order chi connectivity index (χ0) is 22.1. The van der Waals surface area contributed by atoms with Crippen LogP contribution in [0.15, 0.2) is 72.9 Å². The zero-order valence-electron chi connectivity index (χ0n) is 18.7. The second-order valence-corrected chi connectivity index (χ2v) is 7.41. The van der Waals surface area contributed by atoms with Crippen LogP contribution in [0.3, 0.4) is 0 Å². The summed E-state index contributed by atoms with van der Waals surface area (Å²) in [4.78, 5) is 29.7. The van der Waals surface area contributed by atoms with Crippen LogP contribution < -0.4 is 0 Å². The van der Waals surface area contributed by atoms with Gasteiger partial charge in [0.25, 0.3) is 0 Å². The summed E-state index contributed by atoms with van der Waals surface area (Å²) in [6.07, 6.45) is 9.02. The molecule has 1 aliphatic carbocycles. The molecule has 0 saturated heterocycles. The van der Waals surface area contributed by atoms with Crippen LogP contribution in [-0.4, -0.2) is 33.2 Å². The molecule has 1 heterocycles. The third-order valence-corrected chi connectivity index (χ3v) is 4.95. The van der Waals surface area contributed by atoms with Crippen LogP contribution in [0.4, 0.5) is 0 Å². The molecule has 3 aromatic rings. The van der Waals surface area contributed by atoms with E-state index < -0.39 is 6.04 Å². The van der Waals surface area contributed by atoms with E-state index in [1.54, 1.807) is 47.5 Å². The molecule has 1 aromatic heterocycles. The fourth-order valence-electron chi connectivity index (χ4n) is 3.19. The minimum atomic E-state index is -0.751. The number of rotatable bonds is 7. The van der Waals surface area contributed by atoms with Crippen molar-refractivity contribution in [1.82, 2.24) is 9.88 Å². The fourth-order valence-corrected chi connectivity index (χ4v) is 3.19. The van der Waals surface area contributed by atoms with Crippen LogP contribution in [0, 0.1) is 20.5 Å². The Morgan fingerprint density at radius 2 is 1.79 bits per heavy atom. The van der Waals surface area contributed by atoms with Gasteiger partial charge in [0, 0.05) is 34.8 Å². The quantitative estimate of drug-likeness (QED) is 0.362. The number of aromatic hydroxyl groups is 1. The van der Waals surface area contributed by atoms with Crippen molar-refractivity contribution < 1.29 is 37.1 Å². The average Bonchev–Trinajstić information content (AvgIpc) is 3.63. The van der Waals surface area contributed by atoms with Crippen molar-refractivity contribution in [1.29, 1.82) is 0 Å². The number of carbonyl (C=O) groups is 1. The van der Waals surface area contributed by atoms with Crippen molar-refractivity contribution in [2.75, 3.05) is 0 Å². The maximum absolute atomic E-state index is 12.7. The summed E-state index contributed by atoms with van der Waals surface area (Å²) >= 11 is 0.